The van der Waals surface area contributed by atoms with Gasteiger partial charge in [-0.05, 0) is 12.8 Å². The maximum absolute atomic E-state index is 11.8. The van der Waals surface area contributed by atoms with Crippen molar-refractivity contribution in [2.75, 3.05) is 6.61 Å². The van der Waals surface area contributed by atoms with Crippen molar-refractivity contribution in [2.45, 2.75) is 56.5 Å². The van der Waals surface area contributed by atoms with Crippen molar-refractivity contribution in [3.63, 3.8) is 0 Å². The molecule has 100 valence electrons. The Labute approximate surface area is 105 Å². The standard InChI is InChI=1S/C12H17NO5/c14-9-6-8(10-7-17-11(9)18-10)12(13(15)16)4-2-1-3-5-12/h8,10-11H,1-7H2/t8-,10+,11+/m0/s1. The lowest BCUT2D eigenvalue weighted by molar-refractivity contribution is -0.589. The second kappa shape index (κ2) is 4.28. The molecule has 1 saturated carbocycles. The molecule has 0 aromatic heterocycles. The van der Waals surface area contributed by atoms with Gasteiger partial charge < -0.3 is 9.47 Å². The van der Waals surface area contributed by atoms with Gasteiger partial charge in [-0.3, -0.25) is 14.9 Å². The molecule has 0 amide bonds. The summed E-state index contributed by atoms with van der Waals surface area (Å²) in [7, 11) is 0. The number of ketones is 1. The van der Waals surface area contributed by atoms with E-state index in [0.29, 0.717) is 19.4 Å². The number of carbonyl (C=O) groups is 1. The first-order chi connectivity index (χ1) is 8.63. The summed E-state index contributed by atoms with van der Waals surface area (Å²) in [4.78, 5) is 23.2. The van der Waals surface area contributed by atoms with E-state index >= 15 is 0 Å². The molecule has 0 aromatic carbocycles. The number of nitro groups is 1. The number of ether oxygens (including phenoxy) is 2. The Bertz CT molecular complexity index is 377. The predicted molar refractivity (Wildman–Crippen MR) is 60.5 cm³/mol. The normalized spacial score (nSPS) is 38.7. The molecule has 2 aliphatic heterocycles. The van der Waals surface area contributed by atoms with Gasteiger partial charge in [0.15, 0.2) is 5.78 Å². The Morgan fingerprint density at radius 2 is 2.00 bits per heavy atom. The van der Waals surface area contributed by atoms with Gasteiger partial charge in [0.2, 0.25) is 11.8 Å². The van der Waals surface area contributed by atoms with Gasteiger partial charge in [-0.15, -0.1) is 0 Å². The second-order valence-corrected chi connectivity index (χ2v) is 5.54. The van der Waals surface area contributed by atoms with E-state index < -0.39 is 11.8 Å². The molecule has 0 N–H and O–H groups in total. The van der Waals surface area contributed by atoms with E-state index in [-0.39, 0.29) is 29.1 Å². The summed E-state index contributed by atoms with van der Waals surface area (Å²) in [5.74, 6) is -0.459. The molecule has 3 atom stereocenters. The lowest BCUT2D eigenvalue weighted by atomic mass is 9.69. The Balaban J connectivity index is 1.90. The molecule has 3 rings (SSSR count). The fraction of sp³-hybridized carbons (Fsp3) is 0.917. The molecule has 2 heterocycles. The zero-order chi connectivity index (χ0) is 12.8. The van der Waals surface area contributed by atoms with Gasteiger partial charge in [0, 0.05) is 24.2 Å². The molecule has 2 bridgehead atoms. The molecular formula is C12H17NO5. The van der Waals surface area contributed by atoms with Gasteiger partial charge in [-0.1, -0.05) is 6.42 Å². The van der Waals surface area contributed by atoms with Crippen LogP contribution < -0.4 is 0 Å². The number of carbonyl (C=O) groups excluding carboxylic acids is 1. The highest BCUT2D eigenvalue weighted by atomic mass is 16.7. The zero-order valence-electron chi connectivity index (χ0n) is 10.2. The van der Waals surface area contributed by atoms with Crippen LogP contribution >= 0.6 is 0 Å². The largest absolute Gasteiger partial charge is 0.343 e. The SMILES string of the molecule is O=C1C[C@H](C2([N+](=O)[O-])CCCCC2)[C@H]2CO[C@@H]1O2. The van der Waals surface area contributed by atoms with Crippen molar-refractivity contribution in [2.24, 2.45) is 5.92 Å². The summed E-state index contributed by atoms with van der Waals surface area (Å²) < 4.78 is 10.7. The molecule has 0 spiro atoms. The molecule has 0 unspecified atom stereocenters. The van der Waals surface area contributed by atoms with E-state index in [0.717, 1.165) is 19.3 Å². The third-order valence-electron chi connectivity index (χ3n) is 4.62. The van der Waals surface area contributed by atoms with E-state index in [4.69, 9.17) is 9.47 Å². The van der Waals surface area contributed by atoms with E-state index in [2.05, 4.69) is 0 Å². The van der Waals surface area contributed by atoms with Crippen LogP contribution in [0.5, 0.6) is 0 Å². The van der Waals surface area contributed by atoms with Crippen LogP contribution in [0.2, 0.25) is 0 Å². The lowest BCUT2D eigenvalue weighted by Gasteiger charge is -2.39. The molecule has 3 aliphatic rings. The second-order valence-electron chi connectivity index (χ2n) is 5.54. The van der Waals surface area contributed by atoms with Crippen LogP contribution in [0.25, 0.3) is 0 Å². The summed E-state index contributed by atoms with van der Waals surface area (Å²) >= 11 is 0. The maximum Gasteiger partial charge on any atom is 0.228 e. The van der Waals surface area contributed by atoms with Crippen molar-refractivity contribution in [1.82, 2.24) is 0 Å². The van der Waals surface area contributed by atoms with Crippen molar-refractivity contribution in [3.8, 4) is 0 Å². The van der Waals surface area contributed by atoms with Crippen LogP contribution in [0.3, 0.4) is 0 Å². The predicted octanol–water partition coefficient (Wildman–Crippen LogP) is 1.30. The van der Waals surface area contributed by atoms with Gasteiger partial charge in [-0.25, -0.2) is 0 Å². The molecule has 1 aliphatic carbocycles. The number of hydrogen-bond donors (Lipinski definition) is 0. The number of nitrogens with zero attached hydrogens (tertiary/aromatic N) is 1. The molecule has 0 radical (unpaired) electrons. The lowest BCUT2D eigenvalue weighted by Crippen LogP contribution is -2.55. The van der Waals surface area contributed by atoms with E-state index in [1.165, 1.54) is 0 Å². The molecule has 2 saturated heterocycles. The molecule has 18 heavy (non-hydrogen) atoms. The van der Waals surface area contributed by atoms with E-state index in [1.54, 1.807) is 0 Å². The third kappa shape index (κ3) is 1.66. The molecular weight excluding hydrogens is 238 g/mol. The van der Waals surface area contributed by atoms with Crippen molar-refractivity contribution >= 4 is 5.78 Å². The molecule has 0 aromatic rings. The minimum absolute atomic E-state index is 0.138. The van der Waals surface area contributed by atoms with E-state index in [1.807, 2.05) is 0 Å². The van der Waals surface area contributed by atoms with Crippen molar-refractivity contribution in [1.29, 1.82) is 0 Å². The Kier molecular flexibility index (Phi) is 2.86. The number of hydrogen-bond acceptors (Lipinski definition) is 5. The van der Waals surface area contributed by atoms with Gasteiger partial charge in [-0.2, -0.15) is 0 Å². The maximum atomic E-state index is 11.8. The zero-order valence-corrected chi connectivity index (χ0v) is 10.2. The molecule has 6 heteroatoms. The van der Waals surface area contributed by atoms with Crippen LogP contribution in [-0.2, 0) is 14.3 Å². The third-order valence-corrected chi connectivity index (χ3v) is 4.62. The van der Waals surface area contributed by atoms with Crippen LogP contribution in [0.15, 0.2) is 0 Å². The van der Waals surface area contributed by atoms with Gasteiger partial charge in [0.1, 0.15) is 0 Å². The highest BCUT2D eigenvalue weighted by Gasteiger charge is 2.59. The average Bonchev–Trinajstić information content (AvgIpc) is 2.80. The molecule has 3 fully saturated rings. The first-order valence-corrected chi connectivity index (χ1v) is 6.58. The minimum Gasteiger partial charge on any atom is -0.343 e. The summed E-state index contributed by atoms with van der Waals surface area (Å²) in [5, 5.41) is 11.6. The summed E-state index contributed by atoms with van der Waals surface area (Å²) in [6.07, 6.45) is 3.07. The molecule has 6 nitrogen and oxygen atoms in total. The smallest absolute Gasteiger partial charge is 0.228 e. The van der Waals surface area contributed by atoms with E-state index in [9.17, 15) is 14.9 Å². The van der Waals surface area contributed by atoms with Gasteiger partial charge >= 0.3 is 0 Å². The first kappa shape index (κ1) is 12.0. The van der Waals surface area contributed by atoms with Crippen molar-refractivity contribution < 1.29 is 19.2 Å². The highest BCUT2D eigenvalue weighted by molar-refractivity contribution is 5.83. The Hall–Kier alpha value is -1.01. The minimum atomic E-state index is -0.975. The number of rotatable bonds is 2. The average molecular weight is 255 g/mol. The fourth-order valence-corrected chi connectivity index (χ4v) is 3.63. The van der Waals surface area contributed by atoms with Gasteiger partial charge in [0.05, 0.1) is 18.6 Å². The van der Waals surface area contributed by atoms with Crippen LogP contribution in [0.1, 0.15) is 38.5 Å². The number of Topliss-reactive ketones (excluding diaryl/α,β-unsaturated/α-hetero) is 1. The summed E-state index contributed by atoms with van der Waals surface area (Å²) in [5.41, 5.74) is -0.975. The Morgan fingerprint density at radius 3 is 2.67 bits per heavy atom. The quantitative estimate of drug-likeness (QED) is 0.549. The van der Waals surface area contributed by atoms with Crippen LogP contribution in [-0.4, -0.2) is 35.2 Å². The van der Waals surface area contributed by atoms with Crippen LogP contribution in [0.4, 0.5) is 0 Å². The summed E-state index contributed by atoms with van der Waals surface area (Å²) in [6.45, 7) is 0.316. The Morgan fingerprint density at radius 1 is 1.28 bits per heavy atom. The van der Waals surface area contributed by atoms with Gasteiger partial charge in [0.25, 0.3) is 0 Å². The topological polar surface area (TPSA) is 78.7 Å². The van der Waals surface area contributed by atoms with Crippen molar-refractivity contribution in [3.05, 3.63) is 10.1 Å². The van der Waals surface area contributed by atoms with Crippen LogP contribution in [0, 0.1) is 16.0 Å². The summed E-state index contributed by atoms with van der Waals surface area (Å²) in [6, 6.07) is 0. The number of fused-ring (bicyclic) bond motifs is 2. The fourth-order valence-electron chi connectivity index (χ4n) is 3.63. The monoisotopic (exact) mass is 255 g/mol. The highest BCUT2D eigenvalue weighted by Crippen LogP contribution is 2.45. The first-order valence-electron chi connectivity index (χ1n) is 6.58.